The average molecular weight is 675 g/mol. The summed E-state index contributed by atoms with van der Waals surface area (Å²) < 4.78 is 166. The Morgan fingerprint density at radius 3 is 1.57 bits per heavy atom. The fourth-order valence-electron chi connectivity index (χ4n) is 2.95. The summed E-state index contributed by atoms with van der Waals surface area (Å²) in [6.07, 6.45) is -11.8. The number of carbonyl (C=O) groups excluding carboxylic acids is 2. The number of hydrogen-bond donors (Lipinski definition) is 1. The van der Waals surface area contributed by atoms with Crippen LogP contribution in [0.15, 0.2) is 12.7 Å². The van der Waals surface area contributed by atoms with Gasteiger partial charge in [0.25, 0.3) is 0 Å². The van der Waals surface area contributed by atoms with Crippen LogP contribution < -0.4 is 5.32 Å². The highest BCUT2D eigenvalue weighted by Crippen LogP contribution is 2.42. The molecule has 0 bridgehead atoms. The molecule has 0 aromatic heterocycles. The van der Waals surface area contributed by atoms with E-state index in [0.29, 0.717) is 38.9 Å². The van der Waals surface area contributed by atoms with Gasteiger partial charge >= 0.3 is 48.5 Å². The zero-order valence-electron chi connectivity index (χ0n) is 23.3. The van der Waals surface area contributed by atoms with Gasteiger partial charge in [0.05, 0.1) is 58.9 Å². The first-order valence-corrected chi connectivity index (χ1v) is 12.9. The molecule has 1 N–H and O–H groups in total. The lowest BCUT2D eigenvalue weighted by Gasteiger charge is -2.26. The Labute approximate surface area is 245 Å². The topological polar surface area (TPSA) is 86.3 Å². The van der Waals surface area contributed by atoms with Gasteiger partial charge < -0.3 is 24.3 Å². The third-order valence-electron chi connectivity index (χ3n) is 5.61. The van der Waals surface area contributed by atoms with Crippen LogP contribution in [0.5, 0.6) is 0 Å². The molecule has 2 fully saturated rings. The van der Waals surface area contributed by atoms with Crippen LogP contribution in [0.3, 0.4) is 0 Å². The van der Waals surface area contributed by atoms with E-state index >= 15 is 0 Å². The maximum Gasteiger partial charge on any atom is 0.369 e. The van der Waals surface area contributed by atoms with Crippen LogP contribution >= 0.6 is 0 Å². The number of esters is 2. The van der Waals surface area contributed by atoms with Gasteiger partial charge in [-0.2, -0.15) is 35.1 Å². The zero-order chi connectivity index (χ0) is 34.0. The zero-order valence-corrected chi connectivity index (χ0v) is 23.3. The minimum atomic E-state index is -5.45. The molecular weight excluding hydrogens is 640 g/mol. The number of nitrogens with zero attached hydrogens (tertiary/aromatic N) is 1. The van der Waals surface area contributed by atoms with E-state index in [4.69, 9.17) is 9.47 Å². The van der Waals surface area contributed by atoms with Crippen molar-refractivity contribution >= 4 is 11.9 Å². The van der Waals surface area contributed by atoms with Crippen molar-refractivity contribution in [2.24, 2.45) is 0 Å². The Kier molecular flexibility index (Phi) is 18.9. The number of halogens is 12. The Morgan fingerprint density at radius 2 is 1.20 bits per heavy atom. The monoisotopic (exact) mass is 674 g/mol. The van der Waals surface area contributed by atoms with E-state index in [1.54, 1.807) is 0 Å². The lowest BCUT2D eigenvalue weighted by Crippen LogP contribution is -2.47. The van der Waals surface area contributed by atoms with Crippen molar-refractivity contribution in [1.82, 2.24) is 10.2 Å². The molecule has 0 spiro atoms. The normalized spacial score (nSPS) is 16.8. The second kappa shape index (κ2) is 19.9. The van der Waals surface area contributed by atoms with Gasteiger partial charge in [-0.05, 0) is 0 Å². The van der Waals surface area contributed by atoms with E-state index in [9.17, 15) is 62.3 Å². The van der Waals surface area contributed by atoms with Gasteiger partial charge in [-0.3, -0.25) is 9.69 Å². The average Bonchev–Trinajstić information content (AvgIpc) is 2.97. The Morgan fingerprint density at radius 1 is 0.773 bits per heavy atom. The summed E-state index contributed by atoms with van der Waals surface area (Å²) in [7, 11) is 0. The fourth-order valence-corrected chi connectivity index (χ4v) is 2.95. The highest BCUT2D eigenvalue weighted by atomic mass is 19.4. The molecule has 0 amide bonds. The molecule has 0 atom stereocenters. The number of carbonyl (C=O) groups is 2. The van der Waals surface area contributed by atoms with Crippen molar-refractivity contribution in [2.75, 3.05) is 72.4 Å². The van der Waals surface area contributed by atoms with Gasteiger partial charge in [-0.15, -0.1) is 0 Å². The van der Waals surface area contributed by atoms with E-state index in [2.05, 4.69) is 21.4 Å². The minimum absolute atomic E-state index is 0.100. The maximum absolute atomic E-state index is 12.9. The third-order valence-corrected chi connectivity index (χ3v) is 5.61. The lowest BCUT2D eigenvalue weighted by molar-refractivity contribution is -0.268. The highest BCUT2D eigenvalue weighted by molar-refractivity contribution is 5.81. The van der Waals surface area contributed by atoms with Crippen LogP contribution in [0, 0.1) is 0 Å². The van der Waals surface area contributed by atoms with Crippen LogP contribution in [0.1, 0.15) is 19.3 Å². The second-order valence-corrected chi connectivity index (χ2v) is 8.91. The van der Waals surface area contributed by atoms with Gasteiger partial charge in [0.2, 0.25) is 0 Å². The van der Waals surface area contributed by atoms with Crippen LogP contribution in [0.4, 0.5) is 52.7 Å². The summed E-state index contributed by atoms with van der Waals surface area (Å²) in [5.74, 6) is -22.7. The number of hydrogen-bond acceptors (Lipinski definition) is 8. The van der Waals surface area contributed by atoms with Crippen LogP contribution in [-0.2, 0) is 28.5 Å². The number of ether oxygens (including phenoxy) is 4. The molecular formula is C24H34F12N2O6. The van der Waals surface area contributed by atoms with Gasteiger partial charge in [0, 0.05) is 38.8 Å². The number of nitrogens with one attached hydrogen (secondary N) is 1. The molecule has 0 radical (unpaired) electrons. The van der Waals surface area contributed by atoms with Crippen molar-refractivity contribution in [3.8, 4) is 0 Å². The first-order valence-electron chi connectivity index (χ1n) is 12.9. The summed E-state index contributed by atoms with van der Waals surface area (Å²) in [5, 5.41) is 3.16. The van der Waals surface area contributed by atoms with E-state index < -0.39 is 74.5 Å². The van der Waals surface area contributed by atoms with Crippen LogP contribution in [0.2, 0.25) is 0 Å². The largest absolute Gasteiger partial charge is 0.465 e. The smallest absolute Gasteiger partial charge is 0.369 e. The van der Waals surface area contributed by atoms with Gasteiger partial charge in [0.15, 0.2) is 0 Å². The molecule has 8 nitrogen and oxygen atoms in total. The third kappa shape index (κ3) is 15.1. The summed E-state index contributed by atoms with van der Waals surface area (Å²) in [6.45, 7) is 7.21. The molecule has 20 heteroatoms. The molecule has 0 aromatic rings. The fraction of sp³-hybridized carbons (Fsp3) is 0.833. The molecule has 260 valence electrons. The number of rotatable bonds is 14. The van der Waals surface area contributed by atoms with E-state index in [-0.39, 0.29) is 6.42 Å². The molecule has 0 saturated carbocycles. The quantitative estimate of drug-likeness (QED) is 0.165. The van der Waals surface area contributed by atoms with Crippen molar-refractivity contribution in [1.29, 1.82) is 0 Å². The SMILES string of the molecule is C1COCCN1.C=CC(=O)OCCC(F)(F)C(F)(F)C(F)F.O=C(CCN1CCOCC1)OCCC(F)(F)C(F)(F)C(F)F. The van der Waals surface area contributed by atoms with Crippen molar-refractivity contribution in [3.63, 3.8) is 0 Å². The molecule has 2 heterocycles. The van der Waals surface area contributed by atoms with Gasteiger partial charge in [-0.1, -0.05) is 6.58 Å². The molecule has 2 rings (SSSR count). The van der Waals surface area contributed by atoms with Gasteiger partial charge in [-0.25, -0.2) is 22.4 Å². The predicted molar refractivity (Wildman–Crippen MR) is 129 cm³/mol. The second-order valence-electron chi connectivity index (χ2n) is 8.91. The summed E-state index contributed by atoms with van der Waals surface area (Å²) >= 11 is 0. The number of morpholine rings is 2. The van der Waals surface area contributed by atoms with Crippen molar-refractivity contribution in [3.05, 3.63) is 12.7 Å². The molecule has 2 aliphatic rings. The van der Waals surface area contributed by atoms with E-state index in [1.807, 2.05) is 4.90 Å². The lowest BCUT2D eigenvalue weighted by atomic mass is 10.1. The molecule has 44 heavy (non-hydrogen) atoms. The maximum atomic E-state index is 12.9. The first kappa shape index (κ1) is 41.7. The van der Waals surface area contributed by atoms with Crippen molar-refractivity contribution < 1.29 is 81.2 Å². The Balaban J connectivity index is 0.000000728. The van der Waals surface area contributed by atoms with Crippen LogP contribution in [0.25, 0.3) is 0 Å². The van der Waals surface area contributed by atoms with E-state index in [1.165, 1.54) is 0 Å². The molecule has 2 saturated heterocycles. The highest BCUT2D eigenvalue weighted by Gasteiger charge is 2.63. The summed E-state index contributed by atoms with van der Waals surface area (Å²) in [4.78, 5) is 23.5. The van der Waals surface area contributed by atoms with Gasteiger partial charge in [0.1, 0.15) is 0 Å². The molecule has 0 unspecified atom stereocenters. The van der Waals surface area contributed by atoms with Crippen molar-refractivity contribution in [2.45, 2.75) is 55.8 Å². The molecule has 0 aromatic carbocycles. The van der Waals surface area contributed by atoms with E-state index in [0.717, 1.165) is 26.3 Å². The summed E-state index contributed by atoms with van der Waals surface area (Å²) in [6, 6.07) is 0. The molecule has 2 aliphatic heterocycles. The number of alkyl halides is 12. The minimum Gasteiger partial charge on any atom is -0.465 e. The predicted octanol–water partition coefficient (Wildman–Crippen LogP) is 4.43. The molecule has 0 aliphatic carbocycles. The standard InChI is InChI=1S/C12H17F6NO3.C8H8F6O2.C4H9NO/c13-10(14)12(17,18)11(15,16)2-6-22-9(20)1-3-19-4-7-21-8-5-19;1-2-5(15)16-4-3-7(11,12)8(13,14)6(9)10;1-3-6-4-2-5-1/h10H,1-8H2;2,6H,1,3-4H2;5H,1-4H2. The Bertz CT molecular complexity index is 831. The first-order chi connectivity index (χ1) is 20.3. The van der Waals surface area contributed by atoms with Crippen LogP contribution in [-0.4, -0.2) is 126 Å². The Hall–Kier alpha value is -2.32. The summed E-state index contributed by atoms with van der Waals surface area (Å²) in [5.41, 5.74) is 0.